The van der Waals surface area contributed by atoms with Crippen molar-refractivity contribution < 1.29 is 4.79 Å². The number of hydrogen-bond donors (Lipinski definition) is 2. The lowest BCUT2D eigenvalue weighted by Crippen LogP contribution is -2.34. The van der Waals surface area contributed by atoms with E-state index in [0.717, 1.165) is 30.1 Å². The Bertz CT molecular complexity index is 458. The molecule has 1 atom stereocenters. The van der Waals surface area contributed by atoms with E-state index < -0.39 is 0 Å². The number of carbonyl (C=O) groups is 1. The zero-order valence-corrected chi connectivity index (χ0v) is 13.5. The molecule has 1 heterocycles. The number of rotatable bonds is 6. The van der Waals surface area contributed by atoms with E-state index in [1.165, 1.54) is 12.8 Å². The van der Waals surface area contributed by atoms with Gasteiger partial charge in [-0.3, -0.25) is 4.79 Å². The van der Waals surface area contributed by atoms with E-state index in [-0.39, 0.29) is 5.91 Å². The molecule has 1 aliphatic rings. The second-order valence-corrected chi connectivity index (χ2v) is 6.37. The summed E-state index contributed by atoms with van der Waals surface area (Å²) in [6.07, 6.45) is 3.79. The quantitative estimate of drug-likeness (QED) is 0.848. The summed E-state index contributed by atoms with van der Waals surface area (Å²) in [5.41, 5.74) is 1.09. The Balaban J connectivity index is 1.68. The molecule has 3 nitrogen and oxygen atoms in total. The van der Waals surface area contributed by atoms with Gasteiger partial charge in [0.05, 0.1) is 0 Å². The van der Waals surface area contributed by atoms with E-state index in [0.29, 0.717) is 24.8 Å². The average molecular weight is 309 g/mol. The van der Waals surface area contributed by atoms with Crippen LogP contribution in [0.2, 0.25) is 5.02 Å². The van der Waals surface area contributed by atoms with Crippen molar-refractivity contribution in [3.05, 3.63) is 34.9 Å². The lowest BCUT2D eigenvalue weighted by molar-refractivity contribution is -0.122. The van der Waals surface area contributed by atoms with Crippen molar-refractivity contribution in [2.24, 2.45) is 11.8 Å². The third kappa shape index (κ3) is 5.33. The van der Waals surface area contributed by atoms with Crippen molar-refractivity contribution in [1.82, 2.24) is 10.6 Å². The van der Waals surface area contributed by atoms with Crippen molar-refractivity contribution in [2.75, 3.05) is 19.6 Å². The van der Waals surface area contributed by atoms with Crippen LogP contribution < -0.4 is 10.6 Å². The molecule has 0 radical (unpaired) electrons. The van der Waals surface area contributed by atoms with Crippen LogP contribution in [0.5, 0.6) is 0 Å². The van der Waals surface area contributed by atoms with Crippen molar-refractivity contribution in [2.45, 2.75) is 32.6 Å². The number of benzene rings is 1. The fourth-order valence-corrected chi connectivity index (χ4v) is 3.21. The molecule has 1 aromatic carbocycles. The van der Waals surface area contributed by atoms with Gasteiger partial charge in [-0.1, -0.05) is 36.7 Å². The van der Waals surface area contributed by atoms with E-state index in [9.17, 15) is 4.79 Å². The van der Waals surface area contributed by atoms with Gasteiger partial charge >= 0.3 is 0 Å². The number of carbonyl (C=O) groups excluding carboxylic acids is 1. The molecule has 1 unspecified atom stereocenters. The minimum Gasteiger partial charge on any atom is -0.356 e. The normalized spacial score (nSPS) is 17.4. The molecule has 116 valence electrons. The summed E-state index contributed by atoms with van der Waals surface area (Å²) in [6, 6.07) is 7.79. The molecule has 4 heteroatoms. The van der Waals surface area contributed by atoms with Crippen LogP contribution in [-0.4, -0.2) is 25.5 Å². The fourth-order valence-electron chi connectivity index (χ4n) is 2.98. The number of piperidine rings is 1. The van der Waals surface area contributed by atoms with Crippen molar-refractivity contribution in [3.63, 3.8) is 0 Å². The standard InChI is InChI=1S/C17H25ClN2O/c1-13(14-6-9-19-10-7-14)12-17(21)20-11-8-15-4-2-3-5-16(15)18/h2-5,13-14,19H,6-12H2,1H3,(H,20,21). The monoisotopic (exact) mass is 308 g/mol. The molecule has 0 saturated carbocycles. The number of hydrogen-bond acceptors (Lipinski definition) is 2. The second-order valence-electron chi connectivity index (χ2n) is 5.96. The van der Waals surface area contributed by atoms with Gasteiger partial charge in [-0.05, 0) is 55.8 Å². The molecule has 1 amide bonds. The molecule has 0 bridgehead atoms. The number of halogens is 1. The Morgan fingerprint density at radius 3 is 2.81 bits per heavy atom. The maximum atomic E-state index is 12.0. The number of nitrogens with one attached hydrogen (secondary N) is 2. The molecular formula is C17H25ClN2O. The largest absolute Gasteiger partial charge is 0.356 e. The molecule has 1 aromatic rings. The Morgan fingerprint density at radius 2 is 2.10 bits per heavy atom. The van der Waals surface area contributed by atoms with E-state index in [2.05, 4.69) is 17.6 Å². The van der Waals surface area contributed by atoms with Gasteiger partial charge in [0.25, 0.3) is 0 Å². The summed E-state index contributed by atoms with van der Waals surface area (Å²) < 4.78 is 0. The minimum absolute atomic E-state index is 0.160. The van der Waals surface area contributed by atoms with Crippen LogP contribution in [0.4, 0.5) is 0 Å². The van der Waals surface area contributed by atoms with E-state index >= 15 is 0 Å². The molecule has 0 aliphatic carbocycles. The molecule has 0 aromatic heterocycles. The summed E-state index contributed by atoms with van der Waals surface area (Å²) in [7, 11) is 0. The topological polar surface area (TPSA) is 41.1 Å². The third-order valence-corrected chi connectivity index (χ3v) is 4.74. The molecule has 21 heavy (non-hydrogen) atoms. The lowest BCUT2D eigenvalue weighted by Gasteiger charge is -2.27. The summed E-state index contributed by atoms with van der Waals surface area (Å²) in [6.45, 7) is 5.03. The van der Waals surface area contributed by atoms with E-state index in [1.807, 2.05) is 24.3 Å². The van der Waals surface area contributed by atoms with Crippen LogP contribution in [0.15, 0.2) is 24.3 Å². The zero-order chi connectivity index (χ0) is 15.1. The van der Waals surface area contributed by atoms with Crippen LogP contribution in [0.1, 0.15) is 31.7 Å². The average Bonchev–Trinajstić information content (AvgIpc) is 2.50. The molecule has 1 saturated heterocycles. The van der Waals surface area contributed by atoms with Crippen LogP contribution in [0, 0.1) is 11.8 Å². The van der Waals surface area contributed by atoms with Gasteiger partial charge in [0.15, 0.2) is 0 Å². The maximum Gasteiger partial charge on any atom is 0.220 e. The van der Waals surface area contributed by atoms with Crippen molar-refractivity contribution >= 4 is 17.5 Å². The van der Waals surface area contributed by atoms with Gasteiger partial charge in [-0.2, -0.15) is 0 Å². The van der Waals surface area contributed by atoms with Crippen molar-refractivity contribution in [1.29, 1.82) is 0 Å². The molecule has 1 fully saturated rings. The van der Waals surface area contributed by atoms with Crippen LogP contribution in [0.3, 0.4) is 0 Å². The Hall–Kier alpha value is -1.06. The van der Waals surface area contributed by atoms with Gasteiger partial charge in [0, 0.05) is 18.0 Å². The first-order valence-corrected chi connectivity index (χ1v) is 8.25. The Labute approximate surface area is 132 Å². The highest BCUT2D eigenvalue weighted by Gasteiger charge is 2.21. The summed E-state index contributed by atoms with van der Waals surface area (Å²) in [5.74, 6) is 1.31. The summed E-state index contributed by atoms with van der Waals surface area (Å²) >= 11 is 6.11. The highest BCUT2D eigenvalue weighted by atomic mass is 35.5. The van der Waals surface area contributed by atoms with Gasteiger partial charge < -0.3 is 10.6 Å². The summed E-state index contributed by atoms with van der Waals surface area (Å²) in [5, 5.41) is 7.16. The highest BCUT2D eigenvalue weighted by molar-refractivity contribution is 6.31. The Kier molecular flexibility index (Phi) is 6.52. The third-order valence-electron chi connectivity index (χ3n) is 4.37. The first-order chi connectivity index (χ1) is 10.2. The predicted molar refractivity (Wildman–Crippen MR) is 87.5 cm³/mol. The highest BCUT2D eigenvalue weighted by Crippen LogP contribution is 2.24. The van der Waals surface area contributed by atoms with Gasteiger partial charge in [0.2, 0.25) is 5.91 Å². The molecular weight excluding hydrogens is 284 g/mol. The summed E-state index contributed by atoms with van der Waals surface area (Å²) in [4.78, 5) is 12.0. The molecule has 1 aliphatic heterocycles. The first-order valence-electron chi connectivity index (χ1n) is 7.87. The predicted octanol–water partition coefficient (Wildman–Crippen LogP) is 3.02. The first kappa shape index (κ1) is 16.3. The van der Waals surface area contributed by atoms with Gasteiger partial charge in [0.1, 0.15) is 0 Å². The van der Waals surface area contributed by atoms with E-state index in [4.69, 9.17) is 11.6 Å². The van der Waals surface area contributed by atoms with Crippen LogP contribution >= 0.6 is 11.6 Å². The maximum absolute atomic E-state index is 12.0. The van der Waals surface area contributed by atoms with Gasteiger partial charge in [-0.15, -0.1) is 0 Å². The van der Waals surface area contributed by atoms with Crippen molar-refractivity contribution in [3.8, 4) is 0 Å². The smallest absolute Gasteiger partial charge is 0.220 e. The lowest BCUT2D eigenvalue weighted by atomic mass is 9.84. The zero-order valence-electron chi connectivity index (χ0n) is 12.7. The Morgan fingerprint density at radius 1 is 1.38 bits per heavy atom. The number of amides is 1. The molecule has 0 spiro atoms. The van der Waals surface area contributed by atoms with Gasteiger partial charge in [-0.25, -0.2) is 0 Å². The fraction of sp³-hybridized carbons (Fsp3) is 0.588. The van der Waals surface area contributed by atoms with Crippen LogP contribution in [0.25, 0.3) is 0 Å². The van der Waals surface area contributed by atoms with E-state index in [1.54, 1.807) is 0 Å². The molecule has 2 rings (SSSR count). The minimum atomic E-state index is 0.160. The SMILES string of the molecule is CC(CC(=O)NCCc1ccccc1Cl)C1CCNCC1. The molecule has 2 N–H and O–H groups in total. The second kappa shape index (κ2) is 8.40. The van der Waals surface area contributed by atoms with Crippen LogP contribution in [-0.2, 0) is 11.2 Å².